The van der Waals surface area contributed by atoms with Crippen LogP contribution in [-0.2, 0) is 14.3 Å². The highest BCUT2D eigenvalue weighted by Gasteiger charge is 2.24. The lowest BCUT2D eigenvalue weighted by Crippen LogP contribution is -2.24. The van der Waals surface area contributed by atoms with Gasteiger partial charge in [0.25, 0.3) is 5.91 Å². The maximum atomic E-state index is 12.1. The molecule has 1 aliphatic carbocycles. The first-order chi connectivity index (χ1) is 10.5. The Kier molecular flexibility index (Phi) is 5.58. The molecule has 4 heteroatoms. The fourth-order valence-corrected chi connectivity index (χ4v) is 2.93. The van der Waals surface area contributed by atoms with Gasteiger partial charge in [0.1, 0.15) is 0 Å². The molecule has 120 valence electrons. The third kappa shape index (κ3) is 4.09. The Hall–Kier alpha value is -1.84. The van der Waals surface area contributed by atoms with E-state index in [0.717, 1.165) is 42.5 Å². The quantitative estimate of drug-likeness (QED) is 0.842. The lowest BCUT2D eigenvalue weighted by molar-refractivity contribution is -0.151. The summed E-state index contributed by atoms with van der Waals surface area (Å²) in [6.07, 6.45) is 3.92. The summed E-state index contributed by atoms with van der Waals surface area (Å²) in [6.45, 7) is 5.93. The minimum atomic E-state index is -0.275. The van der Waals surface area contributed by atoms with E-state index in [4.69, 9.17) is 4.74 Å². The van der Waals surface area contributed by atoms with E-state index in [1.54, 1.807) is 0 Å². The molecule has 0 atom stereocenters. The molecule has 0 aromatic heterocycles. The maximum Gasteiger partial charge on any atom is 0.309 e. The van der Waals surface area contributed by atoms with Crippen molar-refractivity contribution in [1.29, 1.82) is 0 Å². The van der Waals surface area contributed by atoms with Crippen LogP contribution in [0.4, 0.5) is 5.69 Å². The summed E-state index contributed by atoms with van der Waals surface area (Å²) in [4.78, 5) is 23.9. The first-order valence-electron chi connectivity index (χ1n) is 8.05. The molecule has 0 unspecified atom stereocenters. The number of carbonyl (C=O) groups excluding carboxylic acids is 2. The number of anilines is 1. The summed E-state index contributed by atoms with van der Waals surface area (Å²) < 4.78 is 5.15. The number of rotatable bonds is 5. The molecule has 0 heterocycles. The molecule has 2 rings (SSSR count). The van der Waals surface area contributed by atoms with Gasteiger partial charge in [-0.25, -0.2) is 0 Å². The predicted molar refractivity (Wildman–Crippen MR) is 86.8 cm³/mol. The van der Waals surface area contributed by atoms with Crippen molar-refractivity contribution in [2.75, 3.05) is 11.9 Å². The lowest BCUT2D eigenvalue weighted by Gasteiger charge is -2.16. The number of para-hydroxylation sites is 1. The highest BCUT2D eigenvalue weighted by molar-refractivity contribution is 5.94. The van der Waals surface area contributed by atoms with E-state index in [-0.39, 0.29) is 24.4 Å². The van der Waals surface area contributed by atoms with Crippen LogP contribution in [0.25, 0.3) is 0 Å². The van der Waals surface area contributed by atoms with Crippen molar-refractivity contribution >= 4 is 17.6 Å². The molecule has 0 radical (unpaired) electrons. The smallest absolute Gasteiger partial charge is 0.309 e. The normalized spacial score (nSPS) is 15.1. The summed E-state index contributed by atoms with van der Waals surface area (Å²) in [5, 5.41) is 2.89. The monoisotopic (exact) mass is 303 g/mol. The fourth-order valence-electron chi connectivity index (χ4n) is 2.93. The largest absolute Gasteiger partial charge is 0.455 e. The predicted octanol–water partition coefficient (Wildman–Crippen LogP) is 3.79. The number of esters is 1. The first kappa shape index (κ1) is 16.5. The standard InChI is InChI=1S/C18H25NO3/c1-12(2)15-10-6-7-13(3)17(15)19-16(20)11-22-18(21)14-8-4-5-9-14/h6-7,10,12,14H,4-5,8-9,11H2,1-3H3,(H,19,20). The maximum absolute atomic E-state index is 12.1. The van der Waals surface area contributed by atoms with Crippen LogP contribution < -0.4 is 5.32 Å². The number of hydrogen-bond donors (Lipinski definition) is 1. The summed E-state index contributed by atoms with van der Waals surface area (Å²) in [7, 11) is 0. The molecule has 1 aliphatic rings. The van der Waals surface area contributed by atoms with E-state index < -0.39 is 0 Å². The van der Waals surface area contributed by atoms with Crippen molar-refractivity contribution in [3.8, 4) is 0 Å². The van der Waals surface area contributed by atoms with Crippen LogP contribution >= 0.6 is 0 Å². The van der Waals surface area contributed by atoms with Crippen LogP contribution in [0.5, 0.6) is 0 Å². The van der Waals surface area contributed by atoms with Gasteiger partial charge in [0.05, 0.1) is 5.92 Å². The van der Waals surface area contributed by atoms with E-state index in [1.165, 1.54) is 0 Å². The molecule has 1 aromatic carbocycles. The molecule has 1 fully saturated rings. The van der Waals surface area contributed by atoms with Gasteiger partial charge < -0.3 is 10.1 Å². The van der Waals surface area contributed by atoms with Gasteiger partial charge in [0, 0.05) is 5.69 Å². The van der Waals surface area contributed by atoms with Gasteiger partial charge in [-0.1, -0.05) is 44.9 Å². The molecular weight excluding hydrogens is 278 g/mol. The number of amides is 1. The van der Waals surface area contributed by atoms with Crippen molar-refractivity contribution in [3.63, 3.8) is 0 Å². The second-order valence-electron chi connectivity index (χ2n) is 6.33. The number of carbonyl (C=O) groups is 2. The Bertz CT molecular complexity index is 545. The van der Waals surface area contributed by atoms with Crippen LogP contribution in [0.2, 0.25) is 0 Å². The average molecular weight is 303 g/mol. The van der Waals surface area contributed by atoms with Gasteiger partial charge in [0.2, 0.25) is 0 Å². The van der Waals surface area contributed by atoms with E-state index in [2.05, 4.69) is 19.2 Å². The Morgan fingerprint density at radius 2 is 1.95 bits per heavy atom. The molecule has 22 heavy (non-hydrogen) atoms. The number of aryl methyl sites for hydroxylation is 1. The summed E-state index contributed by atoms with van der Waals surface area (Å²) in [5.41, 5.74) is 2.94. The van der Waals surface area contributed by atoms with E-state index in [9.17, 15) is 9.59 Å². The number of ether oxygens (including phenoxy) is 1. The third-order valence-electron chi connectivity index (χ3n) is 4.23. The van der Waals surface area contributed by atoms with Crippen LogP contribution in [0.3, 0.4) is 0 Å². The van der Waals surface area contributed by atoms with Crippen molar-refractivity contribution in [1.82, 2.24) is 0 Å². The molecule has 4 nitrogen and oxygen atoms in total. The van der Waals surface area contributed by atoms with E-state index in [1.807, 2.05) is 25.1 Å². The molecule has 1 N–H and O–H groups in total. The third-order valence-corrected chi connectivity index (χ3v) is 4.23. The molecule has 1 amide bonds. The Labute approximate surface area is 132 Å². The molecule has 0 spiro atoms. The van der Waals surface area contributed by atoms with Gasteiger partial charge in [-0.05, 0) is 36.8 Å². The SMILES string of the molecule is Cc1cccc(C(C)C)c1NC(=O)COC(=O)C1CCCC1. The van der Waals surface area contributed by atoms with Crippen molar-refractivity contribution < 1.29 is 14.3 Å². The highest BCUT2D eigenvalue weighted by atomic mass is 16.5. The number of nitrogens with one attached hydrogen (secondary N) is 1. The average Bonchev–Trinajstić information content (AvgIpc) is 3.01. The van der Waals surface area contributed by atoms with E-state index >= 15 is 0 Å². The van der Waals surface area contributed by atoms with Crippen molar-refractivity contribution in [3.05, 3.63) is 29.3 Å². The summed E-state index contributed by atoms with van der Waals surface area (Å²) >= 11 is 0. The second-order valence-corrected chi connectivity index (χ2v) is 6.33. The van der Waals surface area contributed by atoms with Gasteiger partial charge in [0.15, 0.2) is 6.61 Å². The highest BCUT2D eigenvalue weighted by Crippen LogP contribution is 2.28. The Balaban J connectivity index is 1.93. The van der Waals surface area contributed by atoms with Crippen LogP contribution in [0.1, 0.15) is 56.6 Å². The topological polar surface area (TPSA) is 55.4 Å². The zero-order valence-corrected chi connectivity index (χ0v) is 13.6. The molecule has 0 aliphatic heterocycles. The Morgan fingerprint density at radius 3 is 2.59 bits per heavy atom. The molecule has 1 aromatic rings. The minimum Gasteiger partial charge on any atom is -0.455 e. The van der Waals surface area contributed by atoms with Crippen LogP contribution in [-0.4, -0.2) is 18.5 Å². The van der Waals surface area contributed by atoms with Gasteiger partial charge in [-0.2, -0.15) is 0 Å². The van der Waals surface area contributed by atoms with Gasteiger partial charge in [-0.15, -0.1) is 0 Å². The first-order valence-corrected chi connectivity index (χ1v) is 8.05. The molecular formula is C18H25NO3. The number of benzene rings is 1. The van der Waals surface area contributed by atoms with E-state index in [0.29, 0.717) is 5.92 Å². The molecule has 0 bridgehead atoms. The fraction of sp³-hybridized carbons (Fsp3) is 0.556. The zero-order valence-electron chi connectivity index (χ0n) is 13.6. The Morgan fingerprint density at radius 1 is 1.27 bits per heavy atom. The van der Waals surface area contributed by atoms with Crippen molar-refractivity contribution in [2.45, 2.75) is 52.4 Å². The molecule has 0 saturated heterocycles. The minimum absolute atomic E-state index is 0.0162. The summed E-state index contributed by atoms with van der Waals surface area (Å²) in [6, 6.07) is 5.96. The van der Waals surface area contributed by atoms with Gasteiger partial charge in [-0.3, -0.25) is 9.59 Å². The van der Waals surface area contributed by atoms with Crippen LogP contribution in [0, 0.1) is 12.8 Å². The molecule has 1 saturated carbocycles. The zero-order chi connectivity index (χ0) is 16.1. The van der Waals surface area contributed by atoms with Gasteiger partial charge >= 0.3 is 5.97 Å². The lowest BCUT2D eigenvalue weighted by atomic mass is 9.98. The number of hydrogen-bond acceptors (Lipinski definition) is 3. The summed E-state index contributed by atoms with van der Waals surface area (Å²) in [5.74, 6) is -0.210. The van der Waals surface area contributed by atoms with Crippen molar-refractivity contribution in [2.24, 2.45) is 5.92 Å². The second kappa shape index (κ2) is 7.43. The van der Waals surface area contributed by atoms with Crippen LogP contribution in [0.15, 0.2) is 18.2 Å².